The fourth-order valence-electron chi connectivity index (χ4n) is 2.98. The maximum Gasteiger partial charge on any atom is 0.251 e. The van der Waals surface area contributed by atoms with E-state index in [1.165, 1.54) is 6.07 Å². The first-order valence-electron chi connectivity index (χ1n) is 9.57. The standard InChI is InChI=1S/C24H23FN2O2/c25-22-12-5-4-9-19(22)14-16-27-24(29)21-11-6-10-20(17-21)23(28)26-15-13-18-7-2-1-3-8-18/h1-12,17H,13-16H2,(H,26,28)(H,27,29). The summed E-state index contributed by atoms with van der Waals surface area (Å²) in [6, 6.07) is 23.0. The molecule has 0 unspecified atom stereocenters. The number of benzene rings is 3. The molecule has 2 amide bonds. The summed E-state index contributed by atoms with van der Waals surface area (Å²) >= 11 is 0. The van der Waals surface area contributed by atoms with Crippen LogP contribution in [0.2, 0.25) is 0 Å². The minimum atomic E-state index is -0.291. The van der Waals surface area contributed by atoms with Crippen LogP contribution in [-0.2, 0) is 12.8 Å². The van der Waals surface area contributed by atoms with E-state index in [4.69, 9.17) is 0 Å². The largest absolute Gasteiger partial charge is 0.352 e. The van der Waals surface area contributed by atoms with Gasteiger partial charge < -0.3 is 10.6 Å². The molecule has 3 aromatic carbocycles. The molecule has 29 heavy (non-hydrogen) atoms. The van der Waals surface area contributed by atoms with Gasteiger partial charge in [0.2, 0.25) is 0 Å². The highest BCUT2D eigenvalue weighted by Gasteiger charge is 2.10. The zero-order valence-electron chi connectivity index (χ0n) is 16.0. The first-order valence-corrected chi connectivity index (χ1v) is 9.57. The number of carbonyl (C=O) groups is 2. The van der Waals surface area contributed by atoms with Gasteiger partial charge >= 0.3 is 0 Å². The Kier molecular flexibility index (Phi) is 7.11. The molecule has 0 fully saturated rings. The Morgan fingerprint density at radius 2 is 1.28 bits per heavy atom. The third-order valence-electron chi connectivity index (χ3n) is 4.57. The van der Waals surface area contributed by atoms with E-state index >= 15 is 0 Å². The number of hydrogen-bond acceptors (Lipinski definition) is 2. The molecule has 0 atom stereocenters. The topological polar surface area (TPSA) is 58.2 Å². The molecule has 0 bridgehead atoms. The second kappa shape index (κ2) is 10.2. The van der Waals surface area contributed by atoms with E-state index < -0.39 is 0 Å². The number of amides is 2. The Morgan fingerprint density at radius 3 is 1.93 bits per heavy atom. The highest BCUT2D eigenvalue weighted by molar-refractivity contribution is 5.99. The molecule has 0 saturated carbocycles. The number of carbonyl (C=O) groups excluding carboxylic acids is 2. The van der Waals surface area contributed by atoms with Crippen molar-refractivity contribution in [2.75, 3.05) is 13.1 Å². The molecule has 0 heterocycles. The van der Waals surface area contributed by atoms with Crippen molar-refractivity contribution in [2.24, 2.45) is 0 Å². The van der Waals surface area contributed by atoms with Crippen LogP contribution in [-0.4, -0.2) is 24.9 Å². The molecule has 0 aliphatic carbocycles. The van der Waals surface area contributed by atoms with Crippen LogP contribution >= 0.6 is 0 Å². The van der Waals surface area contributed by atoms with E-state index in [-0.39, 0.29) is 17.6 Å². The zero-order chi connectivity index (χ0) is 20.5. The van der Waals surface area contributed by atoms with Crippen molar-refractivity contribution in [3.05, 3.63) is 107 Å². The van der Waals surface area contributed by atoms with Gasteiger partial charge in [0.1, 0.15) is 5.82 Å². The Morgan fingerprint density at radius 1 is 0.690 bits per heavy atom. The average molecular weight is 390 g/mol. The maximum atomic E-state index is 13.6. The summed E-state index contributed by atoms with van der Waals surface area (Å²) in [6.45, 7) is 0.829. The molecule has 0 spiro atoms. The lowest BCUT2D eigenvalue weighted by atomic mass is 10.1. The van der Waals surface area contributed by atoms with Crippen LogP contribution in [0.3, 0.4) is 0 Å². The van der Waals surface area contributed by atoms with E-state index in [9.17, 15) is 14.0 Å². The highest BCUT2D eigenvalue weighted by atomic mass is 19.1. The van der Waals surface area contributed by atoms with Gasteiger partial charge in [0, 0.05) is 24.2 Å². The molecule has 0 aromatic heterocycles. The summed E-state index contributed by atoms with van der Waals surface area (Å²) in [4.78, 5) is 24.7. The molecule has 148 valence electrons. The fourth-order valence-corrected chi connectivity index (χ4v) is 2.98. The second-order valence-electron chi connectivity index (χ2n) is 6.67. The van der Waals surface area contributed by atoms with Crippen molar-refractivity contribution in [3.8, 4) is 0 Å². The minimum absolute atomic E-state index is 0.220. The van der Waals surface area contributed by atoms with E-state index in [0.29, 0.717) is 36.2 Å². The lowest BCUT2D eigenvalue weighted by molar-refractivity contribution is 0.0953. The first-order chi connectivity index (χ1) is 14.1. The van der Waals surface area contributed by atoms with Crippen LogP contribution in [0.5, 0.6) is 0 Å². The van der Waals surface area contributed by atoms with Crippen molar-refractivity contribution in [2.45, 2.75) is 12.8 Å². The third-order valence-corrected chi connectivity index (χ3v) is 4.57. The van der Waals surface area contributed by atoms with Crippen LogP contribution in [0.15, 0.2) is 78.9 Å². The quantitative estimate of drug-likeness (QED) is 0.615. The molecule has 0 aliphatic heterocycles. The lowest BCUT2D eigenvalue weighted by Crippen LogP contribution is -2.28. The number of halogens is 1. The molecule has 5 heteroatoms. The zero-order valence-corrected chi connectivity index (χ0v) is 16.0. The van der Waals surface area contributed by atoms with Crippen molar-refractivity contribution in [1.29, 1.82) is 0 Å². The molecular formula is C24H23FN2O2. The molecule has 2 N–H and O–H groups in total. The minimum Gasteiger partial charge on any atom is -0.352 e. The molecule has 3 aromatic rings. The Labute approximate surface area is 169 Å². The van der Waals surface area contributed by atoms with Crippen LogP contribution in [0.25, 0.3) is 0 Å². The average Bonchev–Trinajstić information content (AvgIpc) is 2.76. The number of hydrogen-bond donors (Lipinski definition) is 2. The smallest absolute Gasteiger partial charge is 0.251 e. The Bertz CT molecular complexity index is 973. The number of rotatable bonds is 8. The fraction of sp³-hybridized carbons (Fsp3) is 0.167. The molecule has 0 saturated heterocycles. The Hall–Kier alpha value is -3.47. The van der Waals surface area contributed by atoms with Crippen LogP contribution < -0.4 is 10.6 Å². The maximum absolute atomic E-state index is 13.6. The molecule has 3 rings (SSSR count). The summed E-state index contributed by atoms with van der Waals surface area (Å²) in [5.41, 5.74) is 2.53. The van der Waals surface area contributed by atoms with Crippen molar-refractivity contribution in [1.82, 2.24) is 10.6 Å². The summed E-state index contributed by atoms with van der Waals surface area (Å²) in [7, 11) is 0. The lowest BCUT2D eigenvalue weighted by Gasteiger charge is -2.09. The monoisotopic (exact) mass is 390 g/mol. The first kappa shape index (κ1) is 20.3. The predicted octanol–water partition coefficient (Wildman–Crippen LogP) is 3.77. The van der Waals surface area contributed by atoms with Crippen LogP contribution in [0.1, 0.15) is 31.8 Å². The van der Waals surface area contributed by atoms with E-state index in [1.807, 2.05) is 30.3 Å². The van der Waals surface area contributed by atoms with Crippen molar-refractivity contribution < 1.29 is 14.0 Å². The van der Waals surface area contributed by atoms with Gasteiger partial charge in [0.15, 0.2) is 0 Å². The molecule has 0 radical (unpaired) electrons. The predicted molar refractivity (Wildman–Crippen MR) is 111 cm³/mol. The normalized spacial score (nSPS) is 10.4. The summed E-state index contributed by atoms with van der Waals surface area (Å²) < 4.78 is 13.6. The molecule has 4 nitrogen and oxygen atoms in total. The van der Waals surface area contributed by atoms with E-state index in [2.05, 4.69) is 10.6 Å². The number of nitrogens with one attached hydrogen (secondary N) is 2. The van der Waals surface area contributed by atoms with Crippen LogP contribution in [0, 0.1) is 5.82 Å². The summed E-state index contributed by atoms with van der Waals surface area (Å²) in [5, 5.41) is 5.64. The van der Waals surface area contributed by atoms with Gasteiger partial charge in [-0.15, -0.1) is 0 Å². The third kappa shape index (κ3) is 6.01. The summed E-state index contributed by atoms with van der Waals surface area (Å²) in [6.07, 6.45) is 1.14. The van der Waals surface area contributed by atoms with Crippen LogP contribution in [0.4, 0.5) is 4.39 Å². The van der Waals surface area contributed by atoms with Gasteiger partial charge in [0.05, 0.1) is 0 Å². The highest BCUT2D eigenvalue weighted by Crippen LogP contribution is 2.08. The van der Waals surface area contributed by atoms with Gasteiger partial charge in [-0.05, 0) is 48.2 Å². The SMILES string of the molecule is O=C(NCCc1ccccc1)c1cccc(C(=O)NCCc2ccccc2F)c1. The summed E-state index contributed by atoms with van der Waals surface area (Å²) in [5.74, 6) is -0.793. The second-order valence-corrected chi connectivity index (χ2v) is 6.67. The molecule has 0 aliphatic rings. The Balaban J connectivity index is 1.50. The van der Waals surface area contributed by atoms with Gasteiger partial charge in [-0.25, -0.2) is 4.39 Å². The van der Waals surface area contributed by atoms with Crippen molar-refractivity contribution >= 4 is 11.8 Å². The van der Waals surface area contributed by atoms with E-state index in [0.717, 1.165) is 12.0 Å². The van der Waals surface area contributed by atoms with Gasteiger partial charge in [0.25, 0.3) is 11.8 Å². The molecular weight excluding hydrogens is 367 g/mol. The van der Waals surface area contributed by atoms with Crippen molar-refractivity contribution in [3.63, 3.8) is 0 Å². The van der Waals surface area contributed by atoms with Gasteiger partial charge in [-0.1, -0.05) is 54.6 Å². The van der Waals surface area contributed by atoms with Gasteiger partial charge in [-0.2, -0.15) is 0 Å². The van der Waals surface area contributed by atoms with E-state index in [1.54, 1.807) is 42.5 Å². The van der Waals surface area contributed by atoms with Gasteiger partial charge in [-0.3, -0.25) is 9.59 Å².